The van der Waals surface area contributed by atoms with Crippen molar-refractivity contribution in [3.63, 3.8) is 0 Å². The van der Waals surface area contributed by atoms with Gasteiger partial charge in [0.2, 0.25) is 10.0 Å². The van der Waals surface area contributed by atoms with Crippen LogP contribution >= 0.6 is 0 Å². The summed E-state index contributed by atoms with van der Waals surface area (Å²) in [6, 6.07) is 8.00. The van der Waals surface area contributed by atoms with Gasteiger partial charge in [-0.05, 0) is 62.2 Å². The highest BCUT2D eigenvalue weighted by atomic mass is 32.2. The number of hydrogen-bond acceptors (Lipinski definition) is 5. The predicted octanol–water partition coefficient (Wildman–Crippen LogP) is 2.37. The maximum atomic E-state index is 14.3. The average Bonchev–Trinajstić information content (AvgIpc) is 2.79. The molecule has 172 valence electrons. The molecule has 2 N–H and O–H groups in total. The van der Waals surface area contributed by atoms with E-state index in [1.807, 2.05) is 0 Å². The normalized spacial score (nSPS) is 15.6. The highest BCUT2D eigenvalue weighted by molar-refractivity contribution is 7.89. The fourth-order valence-electron chi connectivity index (χ4n) is 3.15. The smallest absolute Gasteiger partial charge is 0.279 e. The van der Waals surface area contributed by atoms with Gasteiger partial charge in [0.05, 0.1) is 0 Å². The van der Waals surface area contributed by atoms with Crippen molar-refractivity contribution >= 4 is 21.8 Å². The van der Waals surface area contributed by atoms with E-state index >= 15 is 0 Å². The van der Waals surface area contributed by atoms with Gasteiger partial charge in [-0.3, -0.25) is 20.4 Å². The van der Waals surface area contributed by atoms with Crippen LogP contribution < -0.4 is 15.6 Å². The van der Waals surface area contributed by atoms with Gasteiger partial charge in [-0.15, -0.1) is 0 Å². The third kappa shape index (κ3) is 5.60. The number of carbonyl (C=O) groups excluding carboxylic acids is 2. The highest BCUT2D eigenvalue weighted by Gasteiger charge is 2.29. The topological polar surface area (TPSA) is 105 Å². The number of ether oxygens (including phenoxy) is 1. The molecule has 11 heteroatoms. The SMILES string of the molecule is CC(Oc1ccc(F)cc1)C(=O)NNC(=O)c1ccc(F)c(S(=O)(=O)N2CCCCC2)c1. The second-order valence-electron chi connectivity index (χ2n) is 7.27. The molecule has 0 bridgehead atoms. The number of hydrazine groups is 1. The minimum Gasteiger partial charge on any atom is -0.481 e. The second kappa shape index (κ2) is 10.0. The summed E-state index contributed by atoms with van der Waals surface area (Å²) in [5.41, 5.74) is 4.16. The minimum absolute atomic E-state index is 0.144. The van der Waals surface area contributed by atoms with Crippen LogP contribution in [-0.4, -0.2) is 43.7 Å². The number of rotatable bonds is 6. The molecule has 2 amide bonds. The Morgan fingerprint density at radius 1 is 1.00 bits per heavy atom. The second-order valence-corrected chi connectivity index (χ2v) is 9.17. The molecule has 1 fully saturated rings. The molecular weight excluding hydrogens is 444 g/mol. The maximum absolute atomic E-state index is 14.3. The van der Waals surface area contributed by atoms with Gasteiger partial charge in [0.25, 0.3) is 11.8 Å². The number of sulfonamides is 1. The van der Waals surface area contributed by atoms with Gasteiger partial charge in [0, 0.05) is 18.7 Å². The molecule has 0 saturated carbocycles. The predicted molar refractivity (Wildman–Crippen MR) is 111 cm³/mol. The third-order valence-electron chi connectivity index (χ3n) is 4.92. The van der Waals surface area contributed by atoms with Gasteiger partial charge in [-0.1, -0.05) is 6.42 Å². The number of amides is 2. The van der Waals surface area contributed by atoms with E-state index in [2.05, 4.69) is 10.9 Å². The number of nitrogens with one attached hydrogen (secondary N) is 2. The van der Waals surface area contributed by atoms with E-state index in [1.54, 1.807) is 0 Å². The van der Waals surface area contributed by atoms with Crippen LogP contribution in [-0.2, 0) is 14.8 Å². The molecule has 8 nitrogen and oxygen atoms in total. The van der Waals surface area contributed by atoms with Gasteiger partial charge < -0.3 is 4.74 Å². The Balaban J connectivity index is 1.64. The van der Waals surface area contributed by atoms with Crippen molar-refractivity contribution in [3.8, 4) is 5.75 Å². The molecule has 0 radical (unpaired) electrons. The molecule has 3 rings (SSSR count). The monoisotopic (exact) mass is 467 g/mol. The van der Waals surface area contributed by atoms with Gasteiger partial charge >= 0.3 is 0 Å². The van der Waals surface area contributed by atoms with Crippen molar-refractivity contribution in [2.75, 3.05) is 13.1 Å². The van der Waals surface area contributed by atoms with Crippen molar-refractivity contribution < 1.29 is 31.5 Å². The van der Waals surface area contributed by atoms with Crippen LogP contribution in [0.4, 0.5) is 8.78 Å². The van der Waals surface area contributed by atoms with Crippen molar-refractivity contribution in [1.29, 1.82) is 0 Å². The lowest BCUT2D eigenvalue weighted by molar-refractivity contribution is -0.128. The number of piperidine rings is 1. The molecule has 0 spiro atoms. The Morgan fingerprint density at radius 2 is 1.66 bits per heavy atom. The summed E-state index contributed by atoms with van der Waals surface area (Å²) < 4.78 is 59.3. The zero-order valence-electron chi connectivity index (χ0n) is 17.3. The van der Waals surface area contributed by atoms with E-state index in [0.29, 0.717) is 25.9 Å². The average molecular weight is 467 g/mol. The maximum Gasteiger partial charge on any atom is 0.279 e. The number of halogens is 2. The number of hydrogen-bond donors (Lipinski definition) is 2. The first-order valence-electron chi connectivity index (χ1n) is 10.0. The Hall–Kier alpha value is -3.05. The zero-order chi connectivity index (χ0) is 23.3. The van der Waals surface area contributed by atoms with E-state index in [1.165, 1.54) is 35.5 Å². The van der Waals surface area contributed by atoms with E-state index in [0.717, 1.165) is 24.6 Å². The number of carbonyl (C=O) groups is 2. The molecule has 2 aromatic rings. The fraction of sp³-hybridized carbons (Fsp3) is 0.333. The van der Waals surface area contributed by atoms with Crippen molar-refractivity contribution in [2.24, 2.45) is 0 Å². The molecule has 0 aromatic heterocycles. The Labute approximate surface area is 184 Å². The quantitative estimate of drug-likeness (QED) is 0.635. The van der Waals surface area contributed by atoms with Gasteiger partial charge in [-0.25, -0.2) is 17.2 Å². The van der Waals surface area contributed by atoms with Gasteiger partial charge in [-0.2, -0.15) is 4.31 Å². The number of benzene rings is 2. The molecule has 1 heterocycles. The highest BCUT2D eigenvalue weighted by Crippen LogP contribution is 2.24. The van der Waals surface area contributed by atoms with Gasteiger partial charge in [0.15, 0.2) is 6.10 Å². The number of nitrogens with zero attached hydrogens (tertiary/aromatic N) is 1. The summed E-state index contributed by atoms with van der Waals surface area (Å²) in [7, 11) is -4.09. The standard InChI is InChI=1S/C21H23F2N3O5S/c1-14(31-17-8-6-16(22)7-9-17)20(27)24-25-21(28)15-5-10-18(23)19(13-15)32(29,30)26-11-3-2-4-12-26/h5-10,13-14H,2-4,11-12H2,1H3,(H,24,27)(H,25,28). The van der Waals surface area contributed by atoms with E-state index in [9.17, 15) is 26.8 Å². The lowest BCUT2D eigenvalue weighted by Crippen LogP contribution is -2.47. The Kier molecular flexibility index (Phi) is 7.41. The summed E-state index contributed by atoms with van der Waals surface area (Å²) in [5, 5.41) is 0. The molecule has 1 aliphatic heterocycles. The van der Waals surface area contributed by atoms with E-state index in [4.69, 9.17) is 4.74 Å². The van der Waals surface area contributed by atoms with Crippen molar-refractivity contribution in [3.05, 3.63) is 59.7 Å². The first kappa shape index (κ1) is 23.6. The van der Waals surface area contributed by atoms with Crippen LogP contribution in [0.15, 0.2) is 47.4 Å². The molecular formula is C21H23F2N3O5S. The zero-order valence-corrected chi connectivity index (χ0v) is 18.1. The molecule has 1 atom stereocenters. The lowest BCUT2D eigenvalue weighted by atomic mass is 10.2. The van der Waals surface area contributed by atoms with Crippen LogP contribution in [0.3, 0.4) is 0 Å². The van der Waals surface area contributed by atoms with E-state index < -0.39 is 44.5 Å². The lowest BCUT2D eigenvalue weighted by Gasteiger charge is -2.26. The molecule has 32 heavy (non-hydrogen) atoms. The summed E-state index contributed by atoms with van der Waals surface area (Å²) in [5.74, 6) is -2.69. The largest absolute Gasteiger partial charge is 0.481 e. The summed E-state index contributed by atoms with van der Waals surface area (Å²) in [6.07, 6.45) is 1.25. The first-order valence-corrected chi connectivity index (χ1v) is 11.4. The Bertz CT molecular complexity index is 1090. The minimum atomic E-state index is -4.09. The first-order chi connectivity index (χ1) is 15.2. The molecule has 1 saturated heterocycles. The van der Waals surface area contributed by atoms with Crippen LogP contribution in [0.25, 0.3) is 0 Å². The van der Waals surface area contributed by atoms with Gasteiger partial charge in [0.1, 0.15) is 22.3 Å². The van der Waals surface area contributed by atoms with Crippen molar-refractivity contribution in [2.45, 2.75) is 37.2 Å². The summed E-state index contributed by atoms with van der Waals surface area (Å²) in [4.78, 5) is 24.0. The van der Waals surface area contributed by atoms with Crippen molar-refractivity contribution in [1.82, 2.24) is 15.2 Å². The van der Waals surface area contributed by atoms with Crippen LogP contribution in [0.2, 0.25) is 0 Å². The Morgan fingerprint density at radius 3 is 2.31 bits per heavy atom. The molecule has 1 unspecified atom stereocenters. The molecule has 1 aliphatic rings. The molecule has 2 aromatic carbocycles. The fourth-order valence-corrected chi connectivity index (χ4v) is 4.76. The van der Waals surface area contributed by atoms with Crippen LogP contribution in [0.5, 0.6) is 5.75 Å². The van der Waals surface area contributed by atoms with E-state index in [-0.39, 0.29) is 11.3 Å². The third-order valence-corrected chi connectivity index (χ3v) is 6.83. The summed E-state index contributed by atoms with van der Waals surface area (Å²) >= 11 is 0. The van der Waals surface area contributed by atoms with Crippen LogP contribution in [0, 0.1) is 11.6 Å². The summed E-state index contributed by atoms with van der Waals surface area (Å²) in [6.45, 7) is 2.01. The molecule has 0 aliphatic carbocycles. The van der Waals surface area contributed by atoms with Crippen LogP contribution in [0.1, 0.15) is 36.5 Å².